The third-order valence-corrected chi connectivity index (χ3v) is 5.56. The molecule has 3 aromatic rings. The Labute approximate surface area is 199 Å². The van der Waals surface area contributed by atoms with Crippen LogP contribution in [0.15, 0.2) is 40.9 Å². The first-order valence-electron chi connectivity index (χ1n) is 11.3. The lowest BCUT2D eigenvalue weighted by molar-refractivity contribution is 0.0635. The quantitative estimate of drug-likeness (QED) is 0.516. The van der Waals surface area contributed by atoms with Crippen molar-refractivity contribution in [3.8, 4) is 22.6 Å². The lowest BCUT2D eigenvalue weighted by atomic mass is 10.0. The van der Waals surface area contributed by atoms with Crippen LogP contribution in [0.4, 0.5) is 16.2 Å². The second-order valence-corrected chi connectivity index (χ2v) is 9.27. The summed E-state index contributed by atoms with van der Waals surface area (Å²) < 4.78 is 22.6. The van der Waals surface area contributed by atoms with E-state index in [9.17, 15) is 4.79 Å². The van der Waals surface area contributed by atoms with Crippen molar-refractivity contribution in [3.05, 3.63) is 53.4 Å². The van der Waals surface area contributed by atoms with E-state index in [1.807, 2.05) is 71.0 Å². The highest BCUT2D eigenvalue weighted by Crippen LogP contribution is 2.44. The summed E-state index contributed by atoms with van der Waals surface area (Å²) in [5.74, 6) is 2.20. The van der Waals surface area contributed by atoms with Gasteiger partial charge in [-0.2, -0.15) is 0 Å². The fourth-order valence-corrected chi connectivity index (χ4v) is 4.09. The number of nitrogens with one attached hydrogen (secondary N) is 1. The fourth-order valence-electron chi connectivity index (χ4n) is 4.09. The van der Waals surface area contributed by atoms with E-state index >= 15 is 0 Å². The lowest BCUT2D eigenvalue weighted by Crippen LogP contribution is -2.33. The molecule has 8 heteroatoms. The number of aryl methyl sites for hydroxylation is 2. The predicted octanol–water partition coefficient (Wildman–Crippen LogP) is 5.71. The second kappa shape index (κ2) is 9.29. The van der Waals surface area contributed by atoms with Crippen LogP contribution in [-0.4, -0.2) is 37.1 Å². The van der Waals surface area contributed by atoms with Gasteiger partial charge in [0.05, 0.1) is 30.6 Å². The second-order valence-electron chi connectivity index (χ2n) is 9.27. The minimum atomic E-state index is -0.572. The fraction of sp³-hybridized carbons (Fsp3) is 0.385. The normalized spacial score (nSPS) is 13.2. The molecule has 0 saturated heterocycles. The topological polar surface area (TPSA) is 86.1 Å². The smallest absolute Gasteiger partial charge is 0.412 e. The molecule has 0 unspecified atom stereocenters. The van der Waals surface area contributed by atoms with Crippen molar-refractivity contribution >= 4 is 17.5 Å². The maximum absolute atomic E-state index is 12.4. The number of carbonyl (C=O) groups excluding carboxylic acids is 1. The third-order valence-electron chi connectivity index (χ3n) is 5.56. The Kier molecular flexibility index (Phi) is 6.41. The lowest BCUT2D eigenvalue weighted by Gasteiger charge is -2.32. The Bertz CT molecular complexity index is 1180. The van der Waals surface area contributed by atoms with E-state index in [0.29, 0.717) is 31.1 Å². The number of hydrogen-bond donors (Lipinski definition) is 1. The number of amides is 1. The molecule has 1 aliphatic heterocycles. The van der Waals surface area contributed by atoms with E-state index < -0.39 is 11.7 Å². The molecule has 180 valence electrons. The molecule has 0 bridgehead atoms. The zero-order chi connectivity index (χ0) is 24.5. The van der Waals surface area contributed by atoms with Gasteiger partial charge in [0.2, 0.25) is 0 Å². The summed E-state index contributed by atoms with van der Waals surface area (Å²) in [5, 5.41) is 6.96. The molecule has 1 aromatic heterocycles. The van der Waals surface area contributed by atoms with Crippen LogP contribution in [0.3, 0.4) is 0 Å². The van der Waals surface area contributed by atoms with Gasteiger partial charge in [0.15, 0.2) is 0 Å². The van der Waals surface area contributed by atoms with Gasteiger partial charge in [0.25, 0.3) is 0 Å². The molecular formula is C26H31N3O5. The number of para-hydroxylation sites is 1. The molecule has 1 amide bonds. The Balaban J connectivity index is 1.64. The first-order chi connectivity index (χ1) is 16.2. The molecule has 0 radical (unpaired) electrons. The van der Waals surface area contributed by atoms with Crippen molar-refractivity contribution in [2.45, 2.75) is 46.8 Å². The molecule has 34 heavy (non-hydrogen) atoms. The molecule has 1 aliphatic rings. The minimum Gasteiger partial charge on any atom is -0.496 e. The van der Waals surface area contributed by atoms with Crippen LogP contribution in [0.5, 0.6) is 11.5 Å². The van der Waals surface area contributed by atoms with E-state index in [0.717, 1.165) is 39.6 Å². The van der Waals surface area contributed by atoms with E-state index in [1.165, 1.54) is 0 Å². The summed E-state index contributed by atoms with van der Waals surface area (Å²) in [6.07, 6.45) is -0.479. The number of anilines is 2. The Morgan fingerprint density at radius 1 is 1.21 bits per heavy atom. The summed E-state index contributed by atoms with van der Waals surface area (Å²) in [6, 6.07) is 11.7. The van der Waals surface area contributed by atoms with Gasteiger partial charge >= 0.3 is 6.09 Å². The summed E-state index contributed by atoms with van der Waals surface area (Å²) in [5.41, 5.74) is 4.62. The number of carbonyl (C=O) groups is 1. The first-order valence-corrected chi connectivity index (χ1v) is 11.3. The third kappa shape index (κ3) is 4.95. The van der Waals surface area contributed by atoms with Gasteiger partial charge in [-0.3, -0.25) is 5.32 Å². The first kappa shape index (κ1) is 23.5. The molecule has 2 aromatic carbocycles. The highest BCUT2D eigenvalue weighted by molar-refractivity contribution is 5.86. The largest absolute Gasteiger partial charge is 0.496 e. The number of hydrogen-bond acceptors (Lipinski definition) is 7. The van der Waals surface area contributed by atoms with Crippen molar-refractivity contribution in [2.75, 3.05) is 30.5 Å². The molecule has 4 rings (SSSR count). The van der Waals surface area contributed by atoms with Gasteiger partial charge < -0.3 is 23.6 Å². The van der Waals surface area contributed by atoms with Crippen LogP contribution in [0.2, 0.25) is 0 Å². The van der Waals surface area contributed by atoms with Gasteiger partial charge in [-0.1, -0.05) is 23.4 Å². The number of nitrogens with zero attached hydrogens (tertiary/aromatic N) is 2. The van der Waals surface area contributed by atoms with Crippen molar-refractivity contribution in [1.82, 2.24) is 5.16 Å². The zero-order valence-corrected chi connectivity index (χ0v) is 20.5. The molecule has 2 heterocycles. The van der Waals surface area contributed by atoms with Gasteiger partial charge in [0, 0.05) is 23.9 Å². The number of fused-ring (bicyclic) bond motifs is 1. The number of benzene rings is 2. The van der Waals surface area contributed by atoms with Crippen LogP contribution in [0.25, 0.3) is 11.1 Å². The van der Waals surface area contributed by atoms with Crippen LogP contribution < -0.4 is 19.7 Å². The summed E-state index contributed by atoms with van der Waals surface area (Å²) in [7, 11) is 1.65. The van der Waals surface area contributed by atoms with Crippen LogP contribution >= 0.6 is 0 Å². The van der Waals surface area contributed by atoms with E-state index in [1.54, 1.807) is 7.11 Å². The predicted molar refractivity (Wildman–Crippen MR) is 131 cm³/mol. The molecule has 1 N–H and O–H groups in total. The van der Waals surface area contributed by atoms with Gasteiger partial charge in [-0.25, -0.2) is 4.79 Å². The monoisotopic (exact) mass is 465 g/mol. The molecule has 8 nitrogen and oxygen atoms in total. The van der Waals surface area contributed by atoms with Crippen LogP contribution in [0, 0.1) is 13.8 Å². The number of rotatable bonds is 5. The Hall–Kier alpha value is -3.68. The van der Waals surface area contributed by atoms with E-state index in [4.69, 9.17) is 18.7 Å². The maximum atomic E-state index is 12.4. The van der Waals surface area contributed by atoms with Gasteiger partial charge in [-0.05, 0) is 52.3 Å². The van der Waals surface area contributed by atoms with Gasteiger partial charge in [0.1, 0.15) is 29.5 Å². The summed E-state index contributed by atoms with van der Waals surface area (Å²) in [6.45, 7) is 11.1. The van der Waals surface area contributed by atoms with Gasteiger partial charge in [-0.15, -0.1) is 0 Å². The Morgan fingerprint density at radius 3 is 2.65 bits per heavy atom. The molecule has 0 atom stereocenters. The number of ether oxygens (including phenoxy) is 3. The molecular weight excluding hydrogens is 434 g/mol. The Morgan fingerprint density at radius 2 is 1.97 bits per heavy atom. The molecule has 0 aliphatic carbocycles. The average molecular weight is 466 g/mol. The number of methoxy groups -OCH3 is 1. The zero-order valence-electron chi connectivity index (χ0n) is 20.5. The van der Waals surface area contributed by atoms with Crippen LogP contribution in [0.1, 0.15) is 37.8 Å². The number of aromatic nitrogens is 1. The summed E-state index contributed by atoms with van der Waals surface area (Å²) >= 11 is 0. The molecule has 0 fully saturated rings. The standard InChI is InChI=1S/C26H31N3O5/c1-16-24(17(2)34-28-16)19-13-23-21(14-22(19)31-6)29(11-12-32-23)15-18-9-7-8-10-20(18)27-25(30)33-26(3,4)5/h7-10,13-14H,11-12,15H2,1-6H3,(H,27,30). The molecule has 0 saturated carbocycles. The highest BCUT2D eigenvalue weighted by atomic mass is 16.6. The van der Waals surface area contributed by atoms with Crippen molar-refractivity contribution < 1.29 is 23.5 Å². The van der Waals surface area contributed by atoms with Crippen LogP contribution in [-0.2, 0) is 11.3 Å². The van der Waals surface area contributed by atoms with Crippen molar-refractivity contribution in [2.24, 2.45) is 0 Å². The van der Waals surface area contributed by atoms with E-state index in [-0.39, 0.29) is 0 Å². The maximum Gasteiger partial charge on any atom is 0.412 e. The average Bonchev–Trinajstić information content (AvgIpc) is 3.11. The molecule has 0 spiro atoms. The van der Waals surface area contributed by atoms with Crippen molar-refractivity contribution in [3.63, 3.8) is 0 Å². The summed E-state index contributed by atoms with van der Waals surface area (Å²) in [4.78, 5) is 14.6. The minimum absolute atomic E-state index is 0.479. The SMILES string of the molecule is COc1cc2c(cc1-c1c(C)noc1C)OCCN2Cc1ccccc1NC(=O)OC(C)(C)C. The van der Waals surface area contributed by atoms with Crippen molar-refractivity contribution in [1.29, 1.82) is 0 Å². The van der Waals surface area contributed by atoms with E-state index in [2.05, 4.69) is 15.4 Å². The highest BCUT2D eigenvalue weighted by Gasteiger charge is 2.25.